The zero-order valence-corrected chi connectivity index (χ0v) is 12.0. The Balaban J connectivity index is 2.13. The van der Waals surface area contributed by atoms with Gasteiger partial charge in [0.15, 0.2) is 0 Å². The van der Waals surface area contributed by atoms with E-state index in [1.54, 1.807) is 0 Å². The molecule has 4 heteroatoms. The Labute approximate surface area is 115 Å². The summed E-state index contributed by atoms with van der Waals surface area (Å²) in [5.41, 5.74) is 8.16. The van der Waals surface area contributed by atoms with Crippen LogP contribution in [0.4, 0.5) is 0 Å². The van der Waals surface area contributed by atoms with Crippen molar-refractivity contribution in [2.24, 2.45) is 5.84 Å². The molecule has 19 heavy (non-hydrogen) atoms. The van der Waals surface area contributed by atoms with Crippen LogP contribution in [0.15, 0.2) is 12.1 Å². The van der Waals surface area contributed by atoms with E-state index >= 15 is 0 Å². The van der Waals surface area contributed by atoms with E-state index in [1.807, 2.05) is 0 Å². The second kappa shape index (κ2) is 6.48. The average Bonchev–Trinajstić information content (AvgIpc) is 2.39. The molecule has 2 rings (SSSR count). The molecule has 0 aliphatic carbocycles. The molecule has 0 aromatic heterocycles. The van der Waals surface area contributed by atoms with Crippen molar-refractivity contribution in [3.63, 3.8) is 0 Å². The smallest absolute Gasteiger partial charge is 0.0978 e. The van der Waals surface area contributed by atoms with E-state index in [0.29, 0.717) is 19.8 Å². The van der Waals surface area contributed by atoms with Gasteiger partial charge in [-0.15, -0.1) is 0 Å². The topological polar surface area (TPSA) is 56.5 Å². The Morgan fingerprint density at radius 3 is 2.47 bits per heavy atom. The summed E-state index contributed by atoms with van der Waals surface area (Å²) < 4.78 is 11.2. The molecule has 2 atom stereocenters. The van der Waals surface area contributed by atoms with Crippen molar-refractivity contribution < 1.29 is 9.47 Å². The molecule has 1 aromatic rings. The lowest BCUT2D eigenvalue weighted by Gasteiger charge is -2.30. The third-order valence-corrected chi connectivity index (χ3v) is 3.77. The first-order chi connectivity index (χ1) is 9.11. The van der Waals surface area contributed by atoms with Crippen LogP contribution < -0.4 is 11.3 Å². The van der Waals surface area contributed by atoms with Gasteiger partial charge in [-0.2, -0.15) is 0 Å². The van der Waals surface area contributed by atoms with Gasteiger partial charge in [0.25, 0.3) is 0 Å². The Morgan fingerprint density at radius 2 is 1.95 bits per heavy atom. The van der Waals surface area contributed by atoms with Crippen molar-refractivity contribution in [1.82, 2.24) is 5.43 Å². The fourth-order valence-electron chi connectivity index (χ4n) is 2.79. The molecule has 1 fully saturated rings. The predicted octanol–water partition coefficient (Wildman–Crippen LogP) is 1.40. The van der Waals surface area contributed by atoms with Crippen LogP contribution in [-0.2, 0) is 15.9 Å². The van der Waals surface area contributed by atoms with Gasteiger partial charge < -0.3 is 9.47 Å². The maximum atomic E-state index is 5.74. The minimum atomic E-state index is 0.0267. The molecule has 1 heterocycles. The van der Waals surface area contributed by atoms with Crippen molar-refractivity contribution in [3.8, 4) is 0 Å². The van der Waals surface area contributed by atoms with Gasteiger partial charge in [0.1, 0.15) is 0 Å². The average molecular weight is 264 g/mol. The summed E-state index contributed by atoms with van der Waals surface area (Å²) in [4.78, 5) is 0. The van der Waals surface area contributed by atoms with Crippen molar-refractivity contribution in [3.05, 3.63) is 34.4 Å². The molecule has 0 bridgehead atoms. The second-order valence-corrected chi connectivity index (χ2v) is 5.34. The van der Waals surface area contributed by atoms with Crippen LogP contribution in [0.5, 0.6) is 0 Å². The van der Waals surface area contributed by atoms with Crippen LogP contribution in [-0.4, -0.2) is 32.0 Å². The van der Waals surface area contributed by atoms with E-state index < -0.39 is 0 Å². The van der Waals surface area contributed by atoms with Gasteiger partial charge in [0, 0.05) is 0 Å². The highest BCUT2D eigenvalue weighted by atomic mass is 16.6. The minimum absolute atomic E-state index is 0.0267. The van der Waals surface area contributed by atoms with E-state index in [4.69, 9.17) is 15.3 Å². The third kappa shape index (κ3) is 3.54. The van der Waals surface area contributed by atoms with Crippen LogP contribution in [0.3, 0.4) is 0 Å². The quantitative estimate of drug-likeness (QED) is 0.637. The van der Waals surface area contributed by atoms with E-state index in [-0.39, 0.29) is 12.1 Å². The Morgan fingerprint density at radius 1 is 1.26 bits per heavy atom. The SMILES string of the molecule is Cc1cc(C)c(CC(NN)C2COCCO2)c(C)c1. The number of hydrogen-bond donors (Lipinski definition) is 2. The molecule has 0 amide bonds. The minimum Gasteiger partial charge on any atom is -0.376 e. The van der Waals surface area contributed by atoms with Crippen LogP contribution >= 0.6 is 0 Å². The van der Waals surface area contributed by atoms with Crippen molar-refractivity contribution >= 4 is 0 Å². The summed E-state index contributed by atoms with van der Waals surface area (Å²) in [7, 11) is 0. The van der Waals surface area contributed by atoms with Gasteiger partial charge >= 0.3 is 0 Å². The first kappa shape index (κ1) is 14.5. The molecule has 4 nitrogen and oxygen atoms in total. The van der Waals surface area contributed by atoms with Crippen LogP contribution in [0, 0.1) is 20.8 Å². The summed E-state index contributed by atoms with van der Waals surface area (Å²) in [6.07, 6.45) is 0.890. The molecule has 0 spiro atoms. The first-order valence-electron chi connectivity index (χ1n) is 6.84. The number of aryl methyl sites for hydroxylation is 3. The molecule has 1 aliphatic heterocycles. The van der Waals surface area contributed by atoms with Crippen molar-refractivity contribution in [2.75, 3.05) is 19.8 Å². The molecule has 1 aromatic carbocycles. The number of benzene rings is 1. The molecule has 2 unspecified atom stereocenters. The lowest BCUT2D eigenvalue weighted by Crippen LogP contribution is -2.50. The molecule has 0 saturated carbocycles. The largest absolute Gasteiger partial charge is 0.376 e. The van der Waals surface area contributed by atoms with Crippen LogP contribution in [0.25, 0.3) is 0 Å². The van der Waals surface area contributed by atoms with Crippen LogP contribution in [0.1, 0.15) is 22.3 Å². The molecule has 1 saturated heterocycles. The van der Waals surface area contributed by atoms with E-state index in [9.17, 15) is 0 Å². The first-order valence-corrected chi connectivity index (χ1v) is 6.84. The number of ether oxygens (including phenoxy) is 2. The lowest BCUT2D eigenvalue weighted by molar-refractivity contribution is -0.101. The Hall–Kier alpha value is -0.940. The predicted molar refractivity (Wildman–Crippen MR) is 76.0 cm³/mol. The monoisotopic (exact) mass is 264 g/mol. The van der Waals surface area contributed by atoms with Gasteiger partial charge in [-0.05, 0) is 43.9 Å². The molecule has 1 aliphatic rings. The number of rotatable bonds is 4. The standard InChI is InChI=1S/C15H24N2O2/c1-10-6-11(2)13(12(3)7-10)8-14(17-16)15-9-18-4-5-19-15/h6-7,14-15,17H,4-5,8-9,16H2,1-3H3. The highest BCUT2D eigenvalue weighted by Gasteiger charge is 2.25. The zero-order valence-electron chi connectivity index (χ0n) is 12.0. The number of nitrogens with two attached hydrogens (primary N) is 1. The second-order valence-electron chi connectivity index (χ2n) is 5.34. The van der Waals surface area contributed by atoms with Gasteiger partial charge in [0.2, 0.25) is 0 Å². The maximum absolute atomic E-state index is 5.74. The fourth-order valence-corrected chi connectivity index (χ4v) is 2.79. The van der Waals surface area contributed by atoms with E-state index in [0.717, 1.165) is 6.42 Å². The zero-order chi connectivity index (χ0) is 13.8. The number of hydrazine groups is 1. The third-order valence-electron chi connectivity index (χ3n) is 3.77. The van der Waals surface area contributed by atoms with Gasteiger partial charge in [-0.1, -0.05) is 17.7 Å². The molecular weight excluding hydrogens is 240 g/mol. The normalized spacial score (nSPS) is 21.4. The maximum Gasteiger partial charge on any atom is 0.0978 e. The molecule has 3 N–H and O–H groups in total. The van der Waals surface area contributed by atoms with E-state index in [1.165, 1.54) is 22.3 Å². The van der Waals surface area contributed by atoms with Gasteiger partial charge in [-0.3, -0.25) is 11.3 Å². The fraction of sp³-hybridized carbons (Fsp3) is 0.600. The molecule has 0 radical (unpaired) electrons. The van der Waals surface area contributed by atoms with E-state index in [2.05, 4.69) is 38.3 Å². The highest BCUT2D eigenvalue weighted by molar-refractivity contribution is 5.38. The molecule has 106 valence electrons. The van der Waals surface area contributed by atoms with Gasteiger partial charge in [-0.25, -0.2) is 0 Å². The number of nitrogens with one attached hydrogen (secondary N) is 1. The summed E-state index contributed by atoms with van der Waals surface area (Å²) >= 11 is 0. The lowest BCUT2D eigenvalue weighted by atomic mass is 9.92. The Bertz CT molecular complexity index is 405. The summed E-state index contributed by atoms with van der Waals surface area (Å²) in [6, 6.07) is 4.52. The van der Waals surface area contributed by atoms with Crippen LogP contribution in [0.2, 0.25) is 0 Å². The van der Waals surface area contributed by atoms with Gasteiger partial charge in [0.05, 0.1) is 32.0 Å². The summed E-state index contributed by atoms with van der Waals surface area (Å²) in [5.74, 6) is 5.70. The molecular formula is C15H24N2O2. The van der Waals surface area contributed by atoms with Crippen molar-refractivity contribution in [2.45, 2.75) is 39.3 Å². The Kier molecular flexibility index (Phi) is 4.93. The summed E-state index contributed by atoms with van der Waals surface area (Å²) in [5, 5.41) is 0. The highest BCUT2D eigenvalue weighted by Crippen LogP contribution is 2.20. The number of hydrogen-bond acceptors (Lipinski definition) is 4. The summed E-state index contributed by atoms with van der Waals surface area (Å²) in [6.45, 7) is 8.37. The van der Waals surface area contributed by atoms with Crippen molar-refractivity contribution in [1.29, 1.82) is 0 Å².